The van der Waals surface area contributed by atoms with Crippen LogP contribution in [0.5, 0.6) is 5.75 Å². The van der Waals surface area contributed by atoms with Crippen LogP contribution < -0.4 is 4.74 Å². The first-order valence-electron chi connectivity index (χ1n) is 6.21. The van der Waals surface area contributed by atoms with Crippen LogP contribution in [0.1, 0.15) is 23.5 Å². The minimum atomic E-state index is -0.893. The molecule has 0 aliphatic rings. The van der Waals surface area contributed by atoms with Crippen molar-refractivity contribution in [3.8, 4) is 5.75 Å². The molecule has 0 spiro atoms. The van der Waals surface area contributed by atoms with Crippen molar-refractivity contribution < 1.29 is 19.0 Å². The van der Waals surface area contributed by atoms with Crippen molar-refractivity contribution in [2.24, 2.45) is 0 Å². The minimum Gasteiger partial charge on any atom is -0.497 e. The lowest BCUT2D eigenvalue weighted by molar-refractivity contribution is -0.137. The molecular formula is C16H15FO3. The third-order valence-corrected chi connectivity index (χ3v) is 3.17. The van der Waals surface area contributed by atoms with Gasteiger partial charge in [-0.05, 0) is 35.4 Å². The van der Waals surface area contributed by atoms with Crippen molar-refractivity contribution in [1.82, 2.24) is 0 Å². The van der Waals surface area contributed by atoms with Gasteiger partial charge in [-0.25, -0.2) is 4.39 Å². The fourth-order valence-corrected chi connectivity index (χ4v) is 2.13. The van der Waals surface area contributed by atoms with E-state index in [9.17, 15) is 9.18 Å². The van der Waals surface area contributed by atoms with Gasteiger partial charge in [-0.2, -0.15) is 0 Å². The first kappa shape index (κ1) is 14.1. The van der Waals surface area contributed by atoms with Crippen LogP contribution in [-0.4, -0.2) is 18.2 Å². The monoisotopic (exact) mass is 274 g/mol. The maximum Gasteiger partial charge on any atom is 0.304 e. The Morgan fingerprint density at radius 2 is 1.60 bits per heavy atom. The van der Waals surface area contributed by atoms with E-state index in [2.05, 4.69) is 0 Å². The molecule has 20 heavy (non-hydrogen) atoms. The van der Waals surface area contributed by atoms with Gasteiger partial charge >= 0.3 is 5.97 Å². The van der Waals surface area contributed by atoms with Crippen molar-refractivity contribution in [3.63, 3.8) is 0 Å². The van der Waals surface area contributed by atoms with Crippen molar-refractivity contribution in [2.75, 3.05) is 7.11 Å². The number of rotatable bonds is 5. The molecule has 4 heteroatoms. The summed E-state index contributed by atoms with van der Waals surface area (Å²) in [6.45, 7) is 0. The number of hydrogen-bond donors (Lipinski definition) is 1. The quantitative estimate of drug-likeness (QED) is 0.908. The minimum absolute atomic E-state index is 0.0437. The normalized spacial score (nSPS) is 11.9. The van der Waals surface area contributed by atoms with Gasteiger partial charge in [-0.15, -0.1) is 0 Å². The molecule has 2 rings (SSSR count). The van der Waals surface area contributed by atoms with Gasteiger partial charge in [0, 0.05) is 5.92 Å². The first-order valence-corrected chi connectivity index (χ1v) is 6.21. The Labute approximate surface area is 116 Å². The average molecular weight is 274 g/mol. The second kappa shape index (κ2) is 6.19. The standard InChI is InChI=1S/C16H15FO3/c1-20-14-8-4-12(5-9-14)15(10-16(18)19)11-2-6-13(17)7-3-11/h2-9,15H,10H2,1H3,(H,18,19). The van der Waals surface area contributed by atoms with Crippen LogP contribution in [0.4, 0.5) is 4.39 Å². The average Bonchev–Trinajstić information content (AvgIpc) is 2.46. The number of hydrogen-bond acceptors (Lipinski definition) is 2. The lowest BCUT2D eigenvalue weighted by atomic mass is 9.88. The summed E-state index contributed by atoms with van der Waals surface area (Å²) in [6, 6.07) is 13.1. The molecule has 0 saturated carbocycles. The molecule has 0 amide bonds. The van der Waals surface area contributed by atoms with E-state index >= 15 is 0 Å². The molecular weight excluding hydrogens is 259 g/mol. The van der Waals surface area contributed by atoms with E-state index in [1.165, 1.54) is 12.1 Å². The smallest absolute Gasteiger partial charge is 0.304 e. The van der Waals surface area contributed by atoms with Crippen LogP contribution in [0.25, 0.3) is 0 Å². The molecule has 0 heterocycles. The Bertz CT molecular complexity index is 576. The Balaban J connectivity index is 2.35. The number of carboxylic acid groups (broad SMARTS) is 1. The molecule has 104 valence electrons. The highest BCUT2D eigenvalue weighted by atomic mass is 19.1. The van der Waals surface area contributed by atoms with Gasteiger partial charge in [0.05, 0.1) is 13.5 Å². The van der Waals surface area contributed by atoms with Crippen LogP contribution >= 0.6 is 0 Å². The van der Waals surface area contributed by atoms with E-state index in [-0.39, 0.29) is 18.2 Å². The fourth-order valence-electron chi connectivity index (χ4n) is 2.13. The summed E-state index contributed by atoms with van der Waals surface area (Å²) in [4.78, 5) is 11.0. The van der Waals surface area contributed by atoms with Gasteiger partial charge in [-0.3, -0.25) is 4.79 Å². The van der Waals surface area contributed by atoms with E-state index in [4.69, 9.17) is 9.84 Å². The third kappa shape index (κ3) is 3.35. The highest BCUT2D eigenvalue weighted by molar-refractivity contribution is 5.69. The number of methoxy groups -OCH3 is 1. The number of carboxylic acids is 1. The molecule has 1 atom stereocenters. The Morgan fingerprint density at radius 1 is 1.10 bits per heavy atom. The summed E-state index contributed by atoms with van der Waals surface area (Å²) >= 11 is 0. The van der Waals surface area contributed by atoms with Crippen LogP contribution in [0.2, 0.25) is 0 Å². The summed E-state index contributed by atoms with van der Waals surface area (Å²) in [5, 5.41) is 9.06. The molecule has 1 unspecified atom stereocenters. The summed E-state index contributed by atoms with van der Waals surface area (Å²) < 4.78 is 18.1. The largest absolute Gasteiger partial charge is 0.497 e. The van der Waals surface area contributed by atoms with Crippen LogP contribution in [0.15, 0.2) is 48.5 Å². The molecule has 2 aromatic carbocycles. The Hall–Kier alpha value is -2.36. The molecule has 0 fully saturated rings. The zero-order chi connectivity index (χ0) is 14.5. The number of halogens is 1. The molecule has 1 N–H and O–H groups in total. The summed E-state index contributed by atoms with van der Waals surface area (Å²) in [5.74, 6) is -0.825. The Morgan fingerprint density at radius 3 is 2.05 bits per heavy atom. The maximum atomic E-state index is 13.0. The highest BCUT2D eigenvalue weighted by Crippen LogP contribution is 2.29. The van der Waals surface area contributed by atoms with E-state index in [1.54, 1.807) is 31.4 Å². The van der Waals surface area contributed by atoms with Gasteiger partial charge in [-0.1, -0.05) is 24.3 Å². The zero-order valence-corrected chi connectivity index (χ0v) is 11.0. The van der Waals surface area contributed by atoms with E-state index in [0.717, 1.165) is 11.1 Å². The molecule has 0 bridgehead atoms. The van der Waals surface area contributed by atoms with E-state index in [0.29, 0.717) is 5.75 Å². The summed E-state index contributed by atoms with van der Waals surface area (Å²) in [6.07, 6.45) is -0.0437. The predicted octanol–water partition coefficient (Wildman–Crippen LogP) is 3.44. The van der Waals surface area contributed by atoms with Gasteiger partial charge in [0.2, 0.25) is 0 Å². The van der Waals surface area contributed by atoms with Crippen LogP contribution in [0.3, 0.4) is 0 Å². The summed E-state index contributed by atoms with van der Waals surface area (Å²) in [5.41, 5.74) is 1.64. The molecule has 0 saturated heterocycles. The lowest BCUT2D eigenvalue weighted by Gasteiger charge is -2.16. The molecule has 2 aromatic rings. The SMILES string of the molecule is COc1ccc(C(CC(=O)O)c2ccc(F)cc2)cc1. The number of aliphatic carboxylic acids is 1. The molecule has 0 aliphatic heterocycles. The van der Waals surface area contributed by atoms with Gasteiger partial charge < -0.3 is 9.84 Å². The lowest BCUT2D eigenvalue weighted by Crippen LogP contribution is -2.08. The number of ether oxygens (including phenoxy) is 1. The maximum absolute atomic E-state index is 13.0. The van der Waals surface area contributed by atoms with Crippen LogP contribution in [0, 0.1) is 5.82 Å². The second-order valence-electron chi connectivity index (χ2n) is 4.48. The zero-order valence-electron chi connectivity index (χ0n) is 11.0. The molecule has 0 aromatic heterocycles. The van der Waals surface area contributed by atoms with Gasteiger partial charge in [0.15, 0.2) is 0 Å². The second-order valence-corrected chi connectivity index (χ2v) is 4.48. The van der Waals surface area contributed by atoms with Crippen molar-refractivity contribution in [3.05, 3.63) is 65.5 Å². The number of benzene rings is 2. The van der Waals surface area contributed by atoms with E-state index in [1.807, 2.05) is 12.1 Å². The fraction of sp³-hybridized carbons (Fsp3) is 0.188. The summed E-state index contributed by atoms with van der Waals surface area (Å²) in [7, 11) is 1.57. The van der Waals surface area contributed by atoms with E-state index < -0.39 is 5.97 Å². The predicted molar refractivity (Wildman–Crippen MR) is 73.5 cm³/mol. The third-order valence-electron chi connectivity index (χ3n) is 3.17. The number of carbonyl (C=O) groups is 1. The van der Waals surface area contributed by atoms with Gasteiger partial charge in [0.1, 0.15) is 11.6 Å². The highest BCUT2D eigenvalue weighted by Gasteiger charge is 2.18. The molecule has 0 aliphatic carbocycles. The first-order chi connectivity index (χ1) is 9.60. The van der Waals surface area contributed by atoms with Crippen molar-refractivity contribution >= 4 is 5.97 Å². The molecule has 0 radical (unpaired) electrons. The Kier molecular flexibility index (Phi) is 4.35. The van der Waals surface area contributed by atoms with Gasteiger partial charge in [0.25, 0.3) is 0 Å². The van der Waals surface area contributed by atoms with Crippen molar-refractivity contribution in [1.29, 1.82) is 0 Å². The molecule has 3 nitrogen and oxygen atoms in total. The topological polar surface area (TPSA) is 46.5 Å². The van der Waals surface area contributed by atoms with Crippen LogP contribution in [-0.2, 0) is 4.79 Å². The van der Waals surface area contributed by atoms with Crippen molar-refractivity contribution in [2.45, 2.75) is 12.3 Å².